The number of carbonyl (C=O) groups excluding carboxylic acids is 1. The van der Waals surface area contributed by atoms with Crippen molar-refractivity contribution in [2.45, 2.75) is 32.2 Å². The van der Waals surface area contributed by atoms with Gasteiger partial charge in [-0.25, -0.2) is 0 Å². The maximum Gasteiger partial charge on any atom is 0.174 e. The molecular formula is C7H15NO2. The van der Waals surface area contributed by atoms with E-state index in [-0.39, 0.29) is 5.78 Å². The molecule has 0 aliphatic rings. The summed E-state index contributed by atoms with van der Waals surface area (Å²) in [5.41, 5.74) is 5.40. The summed E-state index contributed by atoms with van der Waals surface area (Å²) in [5.74, 6) is -0.256. The fourth-order valence-corrected chi connectivity index (χ4v) is 0.702. The summed E-state index contributed by atoms with van der Waals surface area (Å²) in [4.78, 5) is 10.6. The van der Waals surface area contributed by atoms with E-state index in [9.17, 15) is 4.79 Å². The Morgan fingerprint density at radius 1 is 1.70 bits per heavy atom. The molecule has 3 nitrogen and oxygen atoms in total. The van der Waals surface area contributed by atoms with Gasteiger partial charge in [0, 0.05) is 0 Å². The molecular weight excluding hydrogens is 130 g/mol. The van der Waals surface area contributed by atoms with Gasteiger partial charge in [-0.2, -0.15) is 0 Å². The van der Waals surface area contributed by atoms with Gasteiger partial charge in [0.1, 0.15) is 6.61 Å². The summed E-state index contributed by atoms with van der Waals surface area (Å²) in [6.07, 6.45) is 2.68. The molecule has 0 saturated carbocycles. The van der Waals surface area contributed by atoms with Crippen molar-refractivity contribution in [1.82, 2.24) is 0 Å². The molecule has 10 heavy (non-hydrogen) atoms. The number of aliphatic hydroxyl groups is 1. The molecule has 0 spiro atoms. The van der Waals surface area contributed by atoms with Gasteiger partial charge in [-0.1, -0.05) is 19.8 Å². The first kappa shape index (κ1) is 9.59. The molecule has 0 rings (SSSR count). The van der Waals surface area contributed by atoms with Crippen molar-refractivity contribution in [2.75, 3.05) is 6.61 Å². The first-order chi connectivity index (χ1) is 4.72. The molecule has 0 aliphatic carbocycles. The van der Waals surface area contributed by atoms with Gasteiger partial charge >= 0.3 is 0 Å². The van der Waals surface area contributed by atoms with Crippen molar-refractivity contribution in [3.05, 3.63) is 0 Å². The molecule has 0 amide bonds. The second-order valence-electron chi connectivity index (χ2n) is 2.37. The third kappa shape index (κ3) is 3.58. The van der Waals surface area contributed by atoms with Crippen LogP contribution in [0.15, 0.2) is 0 Å². The molecule has 0 aromatic rings. The highest BCUT2D eigenvalue weighted by Crippen LogP contribution is 1.98. The van der Waals surface area contributed by atoms with Gasteiger partial charge in [0.2, 0.25) is 0 Å². The minimum absolute atomic E-state index is 0.256. The summed E-state index contributed by atoms with van der Waals surface area (Å²) < 4.78 is 0. The predicted octanol–water partition coefficient (Wildman–Crippen LogP) is 0.0653. The van der Waals surface area contributed by atoms with Crippen LogP contribution in [0, 0.1) is 0 Å². The zero-order chi connectivity index (χ0) is 7.98. The van der Waals surface area contributed by atoms with E-state index in [1.54, 1.807) is 0 Å². The lowest BCUT2D eigenvalue weighted by Crippen LogP contribution is -2.32. The van der Waals surface area contributed by atoms with Crippen LogP contribution >= 0.6 is 0 Å². The van der Waals surface area contributed by atoms with Crippen molar-refractivity contribution in [2.24, 2.45) is 5.73 Å². The van der Waals surface area contributed by atoms with Crippen LogP contribution in [-0.4, -0.2) is 23.5 Å². The molecule has 0 fully saturated rings. The Kier molecular flexibility index (Phi) is 5.16. The van der Waals surface area contributed by atoms with Crippen molar-refractivity contribution < 1.29 is 9.90 Å². The standard InChI is InChI=1S/C7H15NO2/c1-2-3-4-6(8)7(10)5-9/h6,9H,2-5,8H2,1H3. The lowest BCUT2D eigenvalue weighted by atomic mass is 10.1. The fraction of sp³-hybridized carbons (Fsp3) is 0.857. The average molecular weight is 145 g/mol. The molecule has 0 heterocycles. The number of hydrogen-bond acceptors (Lipinski definition) is 3. The van der Waals surface area contributed by atoms with Crippen LogP contribution in [0.1, 0.15) is 26.2 Å². The van der Waals surface area contributed by atoms with Crippen molar-refractivity contribution in [1.29, 1.82) is 0 Å². The SMILES string of the molecule is CCCCC(N)C(=O)CO. The number of hydrogen-bond donors (Lipinski definition) is 2. The van der Waals surface area contributed by atoms with Gasteiger partial charge in [-0.3, -0.25) is 4.79 Å². The first-order valence-electron chi connectivity index (χ1n) is 3.61. The Labute approximate surface area is 61.2 Å². The molecule has 0 aromatic heterocycles. The highest BCUT2D eigenvalue weighted by Gasteiger charge is 2.09. The molecule has 0 aromatic carbocycles. The first-order valence-corrected chi connectivity index (χ1v) is 3.61. The van der Waals surface area contributed by atoms with Crippen LogP contribution in [0.5, 0.6) is 0 Å². The largest absolute Gasteiger partial charge is 0.389 e. The summed E-state index contributed by atoms with van der Waals surface area (Å²) in [6, 6.07) is -0.454. The Morgan fingerprint density at radius 3 is 2.70 bits per heavy atom. The second kappa shape index (κ2) is 5.38. The zero-order valence-corrected chi connectivity index (χ0v) is 6.34. The predicted molar refractivity (Wildman–Crippen MR) is 39.6 cm³/mol. The minimum atomic E-state index is -0.454. The zero-order valence-electron chi connectivity index (χ0n) is 6.34. The van der Waals surface area contributed by atoms with Gasteiger partial charge in [0.15, 0.2) is 5.78 Å². The van der Waals surface area contributed by atoms with Crippen molar-refractivity contribution >= 4 is 5.78 Å². The summed E-state index contributed by atoms with van der Waals surface area (Å²) in [6.45, 7) is 1.61. The highest BCUT2D eigenvalue weighted by molar-refractivity contribution is 5.84. The van der Waals surface area contributed by atoms with Crippen LogP contribution in [0.3, 0.4) is 0 Å². The molecule has 0 saturated heterocycles. The molecule has 0 bridgehead atoms. The number of carbonyl (C=O) groups is 1. The lowest BCUT2D eigenvalue weighted by Gasteiger charge is -2.06. The summed E-state index contributed by atoms with van der Waals surface area (Å²) >= 11 is 0. The van der Waals surface area contributed by atoms with Crippen molar-refractivity contribution in [3.63, 3.8) is 0 Å². The Balaban J connectivity index is 3.41. The number of unbranched alkanes of at least 4 members (excludes halogenated alkanes) is 1. The second-order valence-corrected chi connectivity index (χ2v) is 2.37. The van der Waals surface area contributed by atoms with Crippen LogP contribution in [-0.2, 0) is 4.79 Å². The monoisotopic (exact) mass is 145 g/mol. The van der Waals surface area contributed by atoms with E-state index < -0.39 is 12.6 Å². The highest BCUT2D eigenvalue weighted by atomic mass is 16.3. The smallest absolute Gasteiger partial charge is 0.174 e. The minimum Gasteiger partial charge on any atom is -0.389 e. The number of Topliss-reactive ketones (excluding diaryl/α,β-unsaturated/α-hetero) is 1. The van der Waals surface area contributed by atoms with Crippen LogP contribution in [0.4, 0.5) is 0 Å². The quantitative estimate of drug-likeness (QED) is 0.575. The summed E-state index contributed by atoms with van der Waals surface area (Å²) in [7, 11) is 0. The average Bonchev–Trinajstić information content (AvgIpc) is 1.98. The number of ketones is 1. The van der Waals surface area contributed by atoms with Crippen LogP contribution in [0.25, 0.3) is 0 Å². The van der Waals surface area contributed by atoms with E-state index in [4.69, 9.17) is 10.8 Å². The Morgan fingerprint density at radius 2 is 2.30 bits per heavy atom. The van der Waals surface area contributed by atoms with Gasteiger partial charge in [0.05, 0.1) is 6.04 Å². The number of aliphatic hydroxyl groups excluding tert-OH is 1. The molecule has 1 unspecified atom stereocenters. The number of nitrogens with two attached hydrogens (primary N) is 1. The topological polar surface area (TPSA) is 63.3 Å². The van der Waals surface area contributed by atoms with Gasteiger partial charge < -0.3 is 10.8 Å². The molecule has 3 heteroatoms. The van der Waals surface area contributed by atoms with E-state index in [0.717, 1.165) is 12.8 Å². The van der Waals surface area contributed by atoms with E-state index in [1.807, 2.05) is 6.92 Å². The van der Waals surface area contributed by atoms with Crippen LogP contribution < -0.4 is 5.73 Å². The van der Waals surface area contributed by atoms with Gasteiger partial charge in [0.25, 0.3) is 0 Å². The van der Waals surface area contributed by atoms with Gasteiger partial charge in [-0.05, 0) is 6.42 Å². The maximum atomic E-state index is 10.6. The maximum absolute atomic E-state index is 10.6. The van der Waals surface area contributed by atoms with Crippen LogP contribution in [0.2, 0.25) is 0 Å². The van der Waals surface area contributed by atoms with E-state index in [1.165, 1.54) is 0 Å². The fourth-order valence-electron chi connectivity index (χ4n) is 0.702. The third-order valence-corrected chi connectivity index (χ3v) is 1.44. The van der Waals surface area contributed by atoms with Crippen molar-refractivity contribution in [3.8, 4) is 0 Å². The molecule has 0 radical (unpaired) electrons. The Bertz CT molecular complexity index is 104. The molecule has 60 valence electrons. The summed E-state index contributed by atoms with van der Waals surface area (Å²) in [5, 5.41) is 8.37. The molecule has 0 aliphatic heterocycles. The normalized spacial score (nSPS) is 13.1. The third-order valence-electron chi connectivity index (χ3n) is 1.44. The molecule has 1 atom stereocenters. The number of rotatable bonds is 5. The van der Waals surface area contributed by atoms with E-state index in [2.05, 4.69) is 0 Å². The van der Waals surface area contributed by atoms with Gasteiger partial charge in [-0.15, -0.1) is 0 Å². The lowest BCUT2D eigenvalue weighted by molar-refractivity contribution is -0.123. The van der Waals surface area contributed by atoms with E-state index >= 15 is 0 Å². The Hall–Kier alpha value is -0.410. The molecule has 3 N–H and O–H groups in total. The van der Waals surface area contributed by atoms with E-state index in [0.29, 0.717) is 6.42 Å².